The van der Waals surface area contributed by atoms with Gasteiger partial charge in [-0.05, 0) is 129 Å². The molecule has 0 atom stereocenters. The lowest BCUT2D eigenvalue weighted by molar-refractivity contribution is -0.597. The summed E-state index contributed by atoms with van der Waals surface area (Å²) in [6, 6.07) is 28.2. The number of aromatic amines is 1. The van der Waals surface area contributed by atoms with Crippen molar-refractivity contribution in [2.45, 2.75) is 47.3 Å². The largest absolute Gasteiger partial charge is 0.493 e. The quantitative estimate of drug-likeness (QED) is 0.0259. The average Bonchev–Trinajstić information content (AvgIpc) is 3.47. The molecule has 2 amide bonds. The molecule has 2 aromatic heterocycles. The fourth-order valence-electron chi connectivity index (χ4n) is 8.79. The number of aromatic nitrogens is 2. The van der Waals surface area contributed by atoms with Gasteiger partial charge in [0.25, 0.3) is 46.2 Å². The fourth-order valence-corrected chi connectivity index (χ4v) is 11.7. The van der Waals surface area contributed by atoms with E-state index in [1.807, 2.05) is 13.0 Å². The Balaban J connectivity index is 0.000000259. The molecule has 0 aliphatic heterocycles. The number of fused-ring (bicyclic) bond motifs is 2. The Kier molecular flexibility index (Phi) is 18.0. The first-order valence-electron chi connectivity index (χ1n) is 24.8. The van der Waals surface area contributed by atoms with Gasteiger partial charge in [-0.25, -0.2) is 14.4 Å². The summed E-state index contributed by atoms with van der Waals surface area (Å²) < 4.78 is 135. The van der Waals surface area contributed by atoms with E-state index in [2.05, 4.69) is 46.3 Å². The maximum Gasteiger partial charge on any atom is 0.341 e. The van der Waals surface area contributed by atoms with Gasteiger partial charge >= 0.3 is 23.5 Å². The number of azo groups is 3. The second kappa shape index (κ2) is 24.9. The lowest BCUT2D eigenvalue weighted by atomic mass is 10.1. The Hall–Kier alpha value is -10.4. The van der Waals surface area contributed by atoms with E-state index < -0.39 is 90.1 Å². The van der Waals surface area contributed by atoms with Crippen LogP contribution >= 0.6 is 0 Å². The number of hydrogen-bond donors (Lipinski definition) is 10. The summed E-state index contributed by atoms with van der Waals surface area (Å²) in [7, 11) is -19.0. The summed E-state index contributed by atoms with van der Waals surface area (Å²) in [5.41, 5.74) is 1.01. The van der Waals surface area contributed by atoms with Crippen molar-refractivity contribution in [2.24, 2.45) is 30.7 Å². The number of carbonyl (C=O) groups excluding carboxylic acids is 1. The minimum Gasteiger partial charge on any atom is -0.493 e. The van der Waals surface area contributed by atoms with Gasteiger partial charge in [0.1, 0.15) is 37.3 Å². The number of urea groups is 1. The van der Waals surface area contributed by atoms with Crippen molar-refractivity contribution < 1.29 is 86.2 Å². The molecule has 0 fully saturated rings. The molecule has 9 rings (SSSR count). The van der Waals surface area contributed by atoms with E-state index >= 15 is 0 Å². The van der Waals surface area contributed by atoms with E-state index in [4.69, 9.17) is 4.55 Å². The Morgan fingerprint density at radius 1 is 0.500 bits per heavy atom. The molecule has 0 aliphatic rings. The molecule has 452 valence electrons. The topological polar surface area (TPSA) is 464 Å². The number of H-pyrrole nitrogens is 1. The Bertz CT molecular complexity index is 5060. The number of benzene rings is 7. The average molecular weight is 1280 g/mol. The van der Waals surface area contributed by atoms with Crippen molar-refractivity contribution in [2.75, 3.05) is 10.6 Å². The van der Waals surface area contributed by atoms with Crippen molar-refractivity contribution in [1.82, 2.24) is 4.98 Å². The lowest BCUT2D eigenvalue weighted by Gasteiger charge is -2.11. The Labute approximate surface area is 497 Å². The van der Waals surface area contributed by atoms with Crippen molar-refractivity contribution in [3.8, 4) is 11.6 Å². The van der Waals surface area contributed by atoms with Gasteiger partial charge in [0.05, 0.1) is 27.4 Å². The number of carboxylic acid groups (broad SMARTS) is 2. The highest BCUT2D eigenvalue weighted by Gasteiger charge is 2.27. The first-order valence-corrected chi connectivity index (χ1v) is 30.6. The number of carbonyl (C=O) groups is 3. The smallest absolute Gasteiger partial charge is 0.341 e. The molecule has 0 unspecified atom stereocenters. The van der Waals surface area contributed by atoms with Gasteiger partial charge < -0.3 is 26.0 Å². The lowest BCUT2D eigenvalue weighted by Crippen LogP contribution is -2.38. The van der Waals surface area contributed by atoms with Crippen molar-refractivity contribution in [3.05, 3.63) is 184 Å². The predicted molar refractivity (Wildman–Crippen MR) is 315 cm³/mol. The third-order valence-corrected chi connectivity index (χ3v) is 16.5. The van der Waals surface area contributed by atoms with Gasteiger partial charge in [0.2, 0.25) is 5.88 Å². The van der Waals surface area contributed by atoms with E-state index in [0.717, 1.165) is 29.8 Å². The van der Waals surface area contributed by atoms with Crippen LogP contribution in [-0.2, 0) is 40.5 Å². The van der Waals surface area contributed by atoms with Crippen LogP contribution in [0, 0.1) is 27.7 Å². The maximum atomic E-state index is 12.9. The van der Waals surface area contributed by atoms with Gasteiger partial charge in [-0.2, -0.15) is 48.5 Å². The van der Waals surface area contributed by atoms with Gasteiger partial charge in [-0.15, -0.1) is 20.5 Å². The molecule has 88 heavy (non-hydrogen) atoms. The van der Waals surface area contributed by atoms with Crippen LogP contribution in [-0.4, -0.2) is 90.2 Å². The molecule has 0 saturated heterocycles. The summed E-state index contributed by atoms with van der Waals surface area (Å²) >= 11 is 0. The van der Waals surface area contributed by atoms with Crippen LogP contribution in [0.3, 0.4) is 0 Å². The number of aryl methyl sites for hydroxylation is 3. The van der Waals surface area contributed by atoms with Crippen LogP contribution in [0.4, 0.5) is 50.3 Å². The minimum atomic E-state index is -4.94. The van der Waals surface area contributed by atoms with E-state index in [0.29, 0.717) is 45.0 Å². The second-order valence-corrected chi connectivity index (χ2v) is 24.4. The minimum absolute atomic E-state index is 0.0437. The van der Waals surface area contributed by atoms with Crippen LogP contribution in [0.15, 0.2) is 195 Å². The number of carboxylic acids is 2. The first kappa shape index (κ1) is 63.6. The van der Waals surface area contributed by atoms with E-state index in [-0.39, 0.29) is 60.9 Å². The predicted octanol–water partition coefficient (Wildman–Crippen LogP) is 10.9. The number of hydrogen-bond acceptors (Lipinski definition) is 19. The summed E-state index contributed by atoms with van der Waals surface area (Å²) in [6.45, 7) is 6.60. The number of amides is 2. The van der Waals surface area contributed by atoms with Gasteiger partial charge in [0, 0.05) is 33.6 Å². The van der Waals surface area contributed by atoms with Crippen LogP contribution in [0.5, 0.6) is 5.88 Å². The molecular weight excluding hydrogens is 1230 g/mol. The van der Waals surface area contributed by atoms with Crippen molar-refractivity contribution in [1.29, 1.82) is 0 Å². The molecule has 0 saturated carbocycles. The summed E-state index contributed by atoms with van der Waals surface area (Å²) in [4.78, 5) is 47.9. The zero-order valence-corrected chi connectivity index (χ0v) is 48.8. The zero-order chi connectivity index (χ0) is 64.4. The molecule has 7 aromatic carbocycles. The van der Waals surface area contributed by atoms with Crippen molar-refractivity contribution >= 4 is 125 Å². The molecular formula is C55H45N10O19S4+. The molecule has 2 heterocycles. The van der Waals surface area contributed by atoms with Gasteiger partial charge in [-0.3, -0.25) is 28.0 Å². The normalized spacial score (nSPS) is 12.2. The van der Waals surface area contributed by atoms with Gasteiger partial charge in [-0.1, -0.05) is 42.5 Å². The maximum absolute atomic E-state index is 12.9. The summed E-state index contributed by atoms with van der Waals surface area (Å²) in [5.74, 6) is -3.48. The van der Waals surface area contributed by atoms with Crippen LogP contribution in [0.25, 0.3) is 27.2 Å². The molecule has 29 nitrogen and oxygen atoms in total. The Morgan fingerprint density at radius 2 is 1.00 bits per heavy atom. The number of nitrogens with one attached hydrogen (secondary N) is 3. The number of anilines is 2. The highest BCUT2D eigenvalue weighted by atomic mass is 32.2. The van der Waals surface area contributed by atoms with E-state index in [1.165, 1.54) is 72.4 Å². The van der Waals surface area contributed by atoms with Crippen LogP contribution in [0.2, 0.25) is 0 Å². The summed E-state index contributed by atoms with van der Waals surface area (Å²) in [6.07, 6.45) is 2.58. The van der Waals surface area contributed by atoms with Gasteiger partial charge in [0.15, 0.2) is 18.1 Å². The Morgan fingerprint density at radius 3 is 1.51 bits per heavy atom. The molecule has 33 heteroatoms. The number of pyridine rings is 2. The zero-order valence-electron chi connectivity index (χ0n) is 45.6. The number of nitrogens with zero attached hydrogens (tertiary/aromatic N) is 7. The standard InChI is InChI=1S/C36H30N6O10S3.C19H14N4O9S/c1-20-6-4-7-27-25(20)12-16-31(34(27)54(47,48)49)41-39-29-14-10-23(18-21(29)2)37-36(43)38-24-11-15-30(22(3)19-24)40-42-32-17-13-26-28(35(32)55(50,51)52)8-5-9-33(26)53(44,45)46;1-9-14(22-21-13-5-4-11(33(30,31)32)7-12(13)19(28)29)16(24)20-17(25)15(9)23-6-2-3-10(8-23)18(26)27/h4-19H,1-3H3,(H2,37,38,43)(H,44,45,46)(H,47,48,49)(H,50,51,52);2-8H,1H3,(H4-,20,21,24,25,26,27,28,29,30,31,32)/p+1. The summed E-state index contributed by atoms with van der Waals surface area (Å²) in [5, 5.41) is 58.6. The van der Waals surface area contributed by atoms with Crippen LogP contribution < -0.4 is 20.8 Å². The van der Waals surface area contributed by atoms with E-state index in [1.54, 1.807) is 56.3 Å². The monoisotopic (exact) mass is 1280 g/mol. The SMILES string of the molecule is Cc1c(N=Nc2ccc(S(=O)(=O)O)cc2C(=O)O)c(O)[nH]c(=O)c1-[n+]1cccc(C(=O)O)c1.Cc1cc(NC(=O)Nc2ccc(N=Nc3ccc4c(S(=O)(=O)O)cccc4c3S(=O)(=O)O)c(C)c2)ccc1N=Nc1ccc2c(C)cccc2c1S(=O)(=O)O. The third-order valence-electron chi connectivity index (χ3n) is 12.8. The molecule has 9 aromatic rings. The molecule has 0 radical (unpaired) electrons. The first-order chi connectivity index (χ1) is 41.2. The highest BCUT2D eigenvalue weighted by Crippen LogP contribution is 2.39. The fraction of sp³-hybridized carbons (Fsp3) is 0.0727. The molecule has 0 bridgehead atoms. The molecule has 0 spiro atoms. The highest BCUT2D eigenvalue weighted by molar-refractivity contribution is 7.87. The second-order valence-electron chi connectivity index (χ2n) is 18.8. The third kappa shape index (κ3) is 14.3. The number of aromatic carboxylic acids is 2. The molecule has 10 N–H and O–H groups in total. The number of aromatic hydroxyl groups is 1. The van der Waals surface area contributed by atoms with Crippen molar-refractivity contribution in [3.63, 3.8) is 0 Å². The van der Waals surface area contributed by atoms with Crippen LogP contribution in [0.1, 0.15) is 43.0 Å². The number of rotatable bonds is 15. The van der Waals surface area contributed by atoms with E-state index in [9.17, 15) is 81.8 Å². The molecule has 0 aliphatic carbocycles.